The number of carbonyl (C=O) groups excluding carboxylic acids is 1. The van der Waals surface area contributed by atoms with Crippen molar-refractivity contribution in [2.45, 2.75) is 52.5 Å². The molecule has 3 nitrogen and oxygen atoms in total. The van der Waals surface area contributed by atoms with E-state index in [2.05, 4.69) is 73.1 Å². The van der Waals surface area contributed by atoms with Gasteiger partial charge in [0.25, 0.3) is 0 Å². The first kappa shape index (κ1) is 21.2. The van der Waals surface area contributed by atoms with Crippen LogP contribution in [-0.2, 0) is 24.2 Å². The van der Waals surface area contributed by atoms with Crippen LogP contribution in [0.4, 0.5) is 0 Å². The minimum absolute atomic E-state index is 0. The standard InChI is InChI=1S/C28H31NO2.H2/c1-21(18-26-13-8-16-31-26)17-25(30)12-7-11-24-20-29(28-15-6-5-14-27(24)28)19-23-10-4-3-9-22(23)2;/h3-6,8-10,13-16,20-21H,7,11-12,17-19H2,1-2H3;1H. The van der Waals surface area contributed by atoms with E-state index in [0.29, 0.717) is 24.5 Å². The molecule has 0 saturated heterocycles. The smallest absolute Gasteiger partial charge is 0.133 e. The van der Waals surface area contributed by atoms with Crippen molar-refractivity contribution in [1.82, 2.24) is 4.57 Å². The lowest BCUT2D eigenvalue weighted by Crippen LogP contribution is -2.08. The zero-order chi connectivity index (χ0) is 21.6. The number of aryl methyl sites for hydroxylation is 2. The minimum atomic E-state index is 0. The van der Waals surface area contributed by atoms with Gasteiger partial charge in [-0.3, -0.25) is 4.79 Å². The molecule has 0 N–H and O–H groups in total. The number of rotatable bonds is 10. The molecule has 0 spiro atoms. The Morgan fingerprint density at radius 3 is 2.65 bits per heavy atom. The van der Waals surface area contributed by atoms with Gasteiger partial charge in [-0.2, -0.15) is 0 Å². The van der Waals surface area contributed by atoms with Gasteiger partial charge in [0.15, 0.2) is 0 Å². The van der Waals surface area contributed by atoms with Gasteiger partial charge in [0, 0.05) is 44.3 Å². The molecule has 1 unspecified atom stereocenters. The number of nitrogens with zero attached hydrogens (tertiary/aromatic N) is 1. The van der Waals surface area contributed by atoms with Gasteiger partial charge in [0.2, 0.25) is 0 Å². The van der Waals surface area contributed by atoms with E-state index >= 15 is 0 Å². The number of fused-ring (bicyclic) bond motifs is 1. The topological polar surface area (TPSA) is 35.1 Å². The second-order valence-electron chi connectivity index (χ2n) is 8.71. The van der Waals surface area contributed by atoms with Crippen molar-refractivity contribution in [3.05, 3.63) is 95.6 Å². The number of aromatic nitrogens is 1. The van der Waals surface area contributed by atoms with Crippen molar-refractivity contribution in [1.29, 1.82) is 0 Å². The molecule has 0 bridgehead atoms. The van der Waals surface area contributed by atoms with Crippen molar-refractivity contribution >= 4 is 16.7 Å². The molecule has 162 valence electrons. The highest BCUT2D eigenvalue weighted by molar-refractivity contribution is 5.84. The first-order chi connectivity index (χ1) is 15.1. The highest BCUT2D eigenvalue weighted by Crippen LogP contribution is 2.25. The second-order valence-corrected chi connectivity index (χ2v) is 8.71. The Balaban J connectivity index is 0.00000289. The molecular formula is C28H33NO2. The summed E-state index contributed by atoms with van der Waals surface area (Å²) in [6.07, 6.45) is 7.88. The number of furan rings is 1. The van der Waals surface area contributed by atoms with Gasteiger partial charge >= 0.3 is 0 Å². The maximum atomic E-state index is 12.5. The average molecular weight is 416 g/mol. The van der Waals surface area contributed by atoms with Gasteiger partial charge < -0.3 is 8.98 Å². The SMILES string of the molecule is Cc1ccccc1Cn1cc(CCCC(=O)CC(C)Cc2ccco2)c2ccccc21.[HH]. The van der Waals surface area contributed by atoms with Crippen molar-refractivity contribution in [2.24, 2.45) is 5.92 Å². The summed E-state index contributed by atoms with van der Waals surface area (Å²) in [4.78, 5) is 12.5. The Morgan fingerprint density at radius 1 is 1.03 bits per heavy atom. The van der Waals surface area contributed by atoms with Crippen molar-refractivity contribution in [3.63, 3.8) is 0 Å². The monoisotopic (exact) mass is 415 g/mol. The fourth-order valence-corrected chi connectivity index (χ4v) is 4.43. The molecule has 0 radical (unpaired) electrons. The molecule has 4 aromatic rings. The maximum Gasteiger partial charge on any atom is 0.133 e. The third-order valence-corrected chi connectivity index (χ3v) is 6.08. The normalized spacial score (nSPS) is 12.3. The highest BCUT2D eigenvalue weighted by atomic mass is 16.3. The van der Waals surface area contributed by atoms with E-state index in [1.807, 2.05) is 12.1 Å². The zero-order valence-electron chi connectivity index (χ0n) is 18.5. The van der Waals surface area contributed by atoms with E-state index in [1.165, 1.54) is 27.6 Å². The number of Topliss-reactive ketones (excluding diaryl/α,β-unsaturated/α-hetero) is 1. The minimum Gasteiger partial charge on any atom is -0.469 e. The van der Waals surface area contributed by atoms with Gasteiger partial charge in [-0.05, 0) is 60.6 Å². The molecule has 3 heteroatoms. The van der Waals surface area contributed by atoms with Gasteiger partial charge in [0.05, 0.1) is 6.26 Å². The summed E-state index contributed by atoms with van der Waals surface area (Å²) in [7, 11) is 0. The summed E-state index contributed by atoms with van der Waals surface area (Å²) in [5.41, 5.74) is 5.26. The Labute approximate surface area is 186 Å². The summed E-state index contributed by atoms with van der Waals surface area (Å²) < 4.78 is 7.75. The van der Waals surface area contributed by atoms with Crippen LogP contribution in [0.2, 0.25) is 0 Å². The summed E-state index contributed by atoms with van der Waals surface area (Å²) in [6, 6.07) is 21.0. The van der Waals surface area contributed by atoms with Gasteiger partial charge in [0.1, 0.15) is 11.5 Å². The van der Waals surface area contributed by atoms with Crippen LogP contribution >= 0.6 is 0 Å². The van der Waals surface area contributed by atoms with E-state index in [4.69, 9.17) is 4.42 Å². The quantitative estimate of drug-likeness (QED) is 0.279. The van der Waals surface area contributed by atoms with Crippen molar-refractivity contribution in [2.75, 3.05) is 0 Å². The Bertz CT molecular complexity index is 1140. The van der Waals surface area contributed by atoms with Gasteiger partial charge in [-0.25, -0.2) is 0 Å². The summed E-state index contributed by atoms with van der Waals surface area (Å²) >= 11 is 0. The number of para-hydroxylation sites is 1. The highest BCUT2D eigenvalue weighted by Gasteiger charge is 2.13. The van der Waals surface area contributed by atoms with Crippen molar-refractivity contribution in [3.8, 4) is 0 Å². The van der Waals surface area contributed by atoms with Crippen LogP contribution in [-0.4, -0.2) is 10.4 Å². The lowest BCUT2D eigenvalue weighted by molar-refractivity contribution is -0.119. The van der Waals surface area contributed by atoms with Crippen LogP contribution in [0.3, 0.4) is 0 Å². The summed E-state index contributed by atoms with van der Waals surface area (Å²) in [5, 5.41) is 1.30. The Kier molecular flexibility index (Phi) is 6.71. The molecule has 0 aliphatic rings. The van der Waals surface area contributed by atoms with Gasteiger partial charge in [-0.15, -0.1) is 0 Å². The Hall–Kier alpha value is -3.07. The fourth-order valence-electron chi connectivity index (χ4n) is 4.43. The molecule has 2 aromatic heterocycles. The first-order valence-electron chi connectivity index (χ1n) is 11.3. The molecule has 2 heterocycles. The molecule has 0 aliphatic heterocycles. The lowest BCUT2D eigenvalue weighted by atomic mass is 9.96. The Morgan fingerprint density at radius 2 is 1.84 bits per heavy atom. The van der Waals surface area contributed by atoms with E-state index in [9.17, 15) is 4.79 Å². The van der Waals surface area contributed by atoms with E-state index in [0.717, 1.165) is 31.6 Å². The molecule has 0 amide bonds. The number of benzene rings is 2. The number of carbonyl (C=O) groups is 1. The predicted molar refractivity (Wildman–Crippen MR) is 128 cm³/mol. The molecule has 0 fully saturated rings. The second kappa shape index (κ2) is 9.82. The van der Waals surface area contributed by atoms with E-state index < -0.39 is 0 Å². The van der Waals surface area contributed by atoms with Crippen LogP contribution < -0.4 is 0 Å². The van der Waals surface area contributed by atoms with Gasteiger partial charge in [-0.1, -0.05) is 49.4 Å². The lowest BCUT2D eigenvalue weighted by Gasteiger charge is -2.08. The molecule has 2 aromatic carbocycles. The zero-order valence-corrected chi connectivity index (χ0v) is 18.5. The third-order valence-electron chi connectivity index (χ3n) is 6.08. The molecular weight excluding hydrogens is 382 g/mol. The average Bonchev–Trinajstić information content (AvgIpc) is 3.38. The van der Waals surface area contributed by atoms with Crippen molar-refractivity contribution < 1.29 is 10.6 Å². The maximum absolute atomic E-state index is 12.5. The first-order valence-corrected chi connectivity index (χ1v) is 11.3. The van der Waals surface area contributed by atoms with Crippen LogP contribution in [0.15, 0.2) is 77.5 Å². The molecule has 1 atom stereocenters. The number of hydrogen-bond acceptors (Lipinski definition) is 2. The van der Waals surface area contributed by atoms with Crippen LogP contribution in [0, 0.1) is 12.8 Å². The predicted octanol–water partition coefficient (Wildman–Crippen LogP) is 7.00. The summed E-state index contributed by atoms with van der Waals surface area (Å²) in [6.45, 7) is 5.16. The molecule has 0 aliphatic carbocycles. The van der Waals surface area contributed by atoms with E-state index in [-0.39, 0.29) is 1.43 Å². The number of ketones is 1. The summed E-state index contributed by atoms with van der Waals surface area (Å²) in [5.74, 6) is 1.62. The fraction of sp³-hybridized carbons (Fsp3) is 0.321. The largest absolute Gasteiger partial charge is 0.469 e. The number of hydrogen-bond donors (Lipinski definition) is 0. The molecule has 0 saturated carbocycles. The van der Waals surface area contributed by atoms with Crippen LogP contribution in [0.5, 0.6) is 0 Å². The van der Waals surface area contributed by atoms with Crippen LogP contribution in [0.1, 0.15) is 50.1 Å². The third kappa shape index (κ3) is 5.35. The van der Waals surface area contributed by atoms with E-state index in [1.54, 1.807) is 6.26 Å². The molecule has 31 heavy (non-hydrogen) atoms. The van der Waals surface area contributed by atoms with Crippen LogP contribution in [0.25, 0.3) is 10.9 Å². The molecule has 4 rings (SSSR count).